The summed E-state index contributed by atoms with van der Waals surface area (Å²) in [4.78, 5) is 0. The summed E-state index contributed by atoms with van der Waals surface area (Å²) in [6.07, 6.45) is 1.04. The number of hydrogen-bond donors (Lipinski definition) is 1. The minimum Gasteiger partial charge on any atom is -0.494 e. The Labute approximate surface area is 128 Å². The Balaban J connectivity index is 1.87. The van der Waals surface area contributed by atoms with Crippen LogP contribution < -0.4 is 10.1 Å². The van der Waals surface area contributed by atoms with Gasteiger partial charge in [0.1, 0.15) is 5.75 Å². The number of ether oxygens (including phenoxy) is 1. The van der Waals surface area contributed by atoms with Crippen molar-refractivity contribution in [2.75, 3.05) is 11.9 Å². The smallest absolute Gasteiger partial charge is 0.119 e. The highest BCUT2D eigenvalue weighted by Gasteiger charge is 1.99. The zero-order valence-electron chi connectivity index (χ0n) is 13.2. The maximum Gasteiger partial charge on any atom is 0.119 e. The summed E-state index contributed by atoms with van der Waals surface area (Å²) in [5.74, 6) is 1.52. The van der Waals surface area contributed by atoms with Gasteiger partial charge < -0.3 is 10.1 Å². The van der Waals surface area contributed by atoms with Gasteiger partial charge in [-0.3, -0.25) is 0 Å². The largest absolute Gasteiger partial charge is 0.494 e. The number of benzene rings is 2. The molecule has 0 aliphatic heterocycles. The Bertz CT molecular complexity index is 528. The average molecular weight is 283 g/mol. The monoisotopic (exact) mass is 283 g/mol. The molecule has 0 atom stereocenters. The molecule has 0 unspecified atom stereocenters. The molecule has 112 valence electrons. The molecule has 0 bridgehead atoms. The molecule has 2 aromatic rings. The van der Waals surface area contributed by atoms with Gasteiger partial charge in [0.05, 0.1) is 6.61 Å². The third-order valence-corrected chi connectivity index (χ3v) is 3.47. The van der Waals surface area contributed by atoms with Crippen molar-refractivity contribution in [2.45, 2.75) is 39.7 Å². The van der Waals surface area contributed by atoms with Crippen LogP contribution in [0.3, 0.4) is 0 Å². The number of anilines is 1. The summed E-state index contributed by atoms with van der Waals surface area (Å²) in [6, 6.07) is 17.0. The summed E-state index contributed by atoms with van der Waals surface area (Å²) < 4.78 is 5.59. The average Bonchev–Trinajstić information content (AvgIpc) is 2.52. The van der Waals surface area contributed by atoms with Crippen molar-refractivity contribution >= 4 is 5.69 Å². The summed E-state index contributed by atoms with van der Waals surface area (Å²) in [5, 5.41) is 3.45. The van der Waals surface area contributed by atoms with Gasteiger partial charge in [-0.2, -0.15) is 0 Å². The van der Waals surface area contributed by atoms with Crippen LogP contribution in [-0.4, -0.2) is 6.61 Å². The van der Waals surface area contributed by atoms with E-state index in [4.69, 9.17) is 4.74 Å². The Kier molecular flexibility index (Phi) is 5.68. The van der Waals surface area contributed by atoms with Crippen LogP contribution in [0.4, 0.5) is 5.69 Å². The van der Waals surface area contributed by atoms with E-state index in [1.807, 2.05) is 12.1 Å². The van der Waals surface area contributed by atoms with Crippen molar-refractivity contribution in [3.63, 3.8) is 0 Å². The van der Waals surface area contributed by atoms with Gasteiger partial charge in [0.15, 0.2) is 0 Å². The maximum absolute atomic E-state index is 5.59. The van der Waals surface area contributed by atoms with E-state index in [-0.39, 0.29) is 0 Å². The molecular formula is C19H25NO. The van der Waals surface area contributed by atoms with E-state index in [9.17, 15) is 0 Å². The van der Waals surface area contributed by atoms with Crippen molar-refractivity contribution in [1.82, 2.24) is 0 Å². The lowest BCUT2D eigenvalue weighted by Crippen LogP contribution is -2.00. The van der Waals surface area contributed by atoms with E-state index in [0.717, 1.165) is 31.0 Å². The molecule has 0 aliphatic carbocycles. The lowest BCUT2D eigenvalue weighted by Gasteiger charge is -2.10. The normalized spacial score (nSPS) is 10.7. The third-order valence-electron chi connectivity index (χ3n) is 3.47. The van der Waals surface area contributed by atoms with Crippen LogP contribution in [0.5, 0.6) is 5.75 Å². The zero-order chi connectivity index (χ0) is 15.1. The van der Waals surface area contributed by atoms with E-state index in [2.05, 4.69) is 62.5 Å². The highest BCUT2D eigenvalue weighted by molar-refractivity contribution is 5.45. The van der Waals surface area contributed by atoms with Crippen molar-refractivity contribution in [3.05, 3.63) is 59.7 Å². The first-order chi connectivity index (χ1) is 10.2. The standard InChI is InChI=1S/C19H25NO/c1-4-13-21-19-11-5-16(6-12-19)14-20-18-9-7-17(8-10-18)15(2)3/h5-12,15,20H,4,13-14H2,1-3H3. The lowest BCUT2D eigenvalue weighted by molar-refractivity contribution is 0.317. The summed E-state index contributed by atoms with van der Waals surface area (Å²) in [6.45, 7) is 8.15. The van der Waals surface area contributed by atoms with Crippen LogP contribution in [0, 0.1) is 0 Å². The Hall–Kier alpha value is -1.96. The SMILES string of the molecule is CCCOc1ccc(CNc2ccc(C(C)C)cc2)cc1. The van der Waals surface area contributed by atoms with Crippen LogP contribution in [0.1, 0.15) is 44.2 Å². The lowest BCUT2D eigenvalue weighted by atomic mass is 10.0. The molecule has 2 rings (SSSR count). The molecule has 0 aliphatic rings. The topological polar surface area (TPSA) is 21.3 Å². The van der Waals surface area contributed by atoms with E-state index >= 15 is 0 Å². The molecule has 0 saturated carbocycles. The number of nitrogens with one attached hydrogen (secondary N) is 1. The summed E-state index contributed by atoms with van der Waals surface area (Å²) in [5.41, 5.74) is 3.79. The Morgan fingerprint density at radius 2 is 1.62 bits per heavy atom. The Morgan fingerprint density at radius 3 is 2.19 bits per heavy atom. The van der Waals surface area contributed by atoms with E-state index in [1.54, 1.807) is 0 Å². The fourth-order valence-corrected chi connectivity index (χ4v) is 2.11. The molecule has 2 nitrogen and oxygen atoms in total. The van der Waals surface area contributed by atoms with Crippen molar-refractivity contribution < 1.29 is 4.74 Å². The molecule has 0 amide bonds. The number of hydrogen-bond acceptors (Lipinski definition) is 2. The molecule has 0 aromatic heterocycles. The Morgan fingerprint density at radius 1 is 0.952 bits per heavy atom. The molecule has 0 radical (unpaired) electrons. The molecule has 0 saturated heterocycles. The first-order valence-corrected chi connectivity index (χ1v) is 7.74. The van der Waals surface area contributed by atoms with Crippen LogP contribution in [0.2, 0.25) is 0 Å². The number of rotatable bonds is 7. The molecule has 2 heteroatoms. The van der Waals surface area contributed by atoms with E-state index in [0.29, 0.717) is 5.92 Å². The van der Waals surface area contributed by atoms with Gasteiger partial charge in [0.2, 0.25) is 0 Å². The van der Waals surface area contributed by atoms with Crippen LogP contribution in [0.25, 0.3) is 0 Å². The second kappa shape index (κ2) is 7.72. The minimum atomic E-state index is 0.578. The highest BCUT2D eigenvalue weighted by Crippen LogP contribution is 2.18. The van der Waals surface area contributed by atoms with Gasteiger partial charge in [0.25, 0.3) is 0 Å². The molecule has 0 fully saturated rings. The molecule has 0 spiro atoms. The fourth-order valence-electron chi connectivity index (χ4n) is 2.11. The molecule has 1 N–H and O–H groups in total. The van der Waals surface area contributed by atoms with Crippen LogP contribution in [-0.2, 0) is 6.54 Å². The van der Waals surface area contributed by atoms with Crippen molar-refractivity contribution in [3.8, 4) is 5.75 Å². The minimum absolute atomic E-state index is 0.578. The summed E-state index contributed by atoms with van der Waals surface area (Å²) in [7, 11) is 0. The first kappa shape index (κ1) is 15.4. The predicted octanol–water partition coefficient (Wildman–Crippen LogP) is 5.21. The van der Waals surface area contributed by atoms with E-state index in [1.165, 1.54) is 11.1 Å². The van der Waals surface area contributed by atoms with Gasteiger partial charge in [-0.25, -0.2) is 0 Å². The highest BCUT2D eigenvalue weighted by atomic mass is 16.5. The first-order valence-electron chi connectivity index (χ1n) is 7.74. The van der Waals surface area contributed by atoms with Crippen LogP contribution >= 0.6 is 0 Å². The van der Waals surface area contributed by atoms with Gasteiger partial charge in [0, 0.05) is 12.2 Å². The summed E-state index contributed by atoms with van der Waals surface area (Å²) >= 11 is 0. The second-order valence-corrected chi connectivity index (χ2v) is 5.62. The molecule has 21 heavy (non-hydrogen) atoms. The van der Waals surface area contributed by atoms with Gasteiger partial charge in [-0.15, -0.1) is 0 Å². The van der Waals surface area contributed by atoms with Crippen LogP contribution in [0.15, 0.2) is 48.5 Å². The molecule has 0 heterocycles. The zero-order valence-corrected chi connectivity index (χ0v) is 13.2. The fraction of sp³-hybridized carbons (Fsp3) is 0.368. The van der Waals surface area contributed by atoms with E-state index < -0.39 is 0 Å². The molecular weight excluding hydrogens is 258 g/mol. The second-order valence-electron chi connectivity index (χ2n) is 5.62. The van der Waals surface area contributed by atoms with Gasteiger partial charge >= 0.3 is 0 Å². The predicted molar refractivity (Wildman–Crippen MR) is 90.1 cm³/mol. The maximum atomic E-state index is 5.59. The van der Waals surface area contributed by atoms with Gasteiger partial charge in [-0.1, -0.05) is 45.0 Å². The van der Waals surface area contributed by atoms with Crippen molar-refractivity contribution in [1.29, 1.82) is 0 Å². The third kappa shape index (κ3) is 4.82. The van der Waals surface area contributed by atoms with Crippen molar-refractivity contribution in [2.24, 2.45) is 0 Å². The quantitative estimate of drug-likeness (QED) is 0.753. The molecule has 2 aromatic carbocycles. The van der Waals surface area contributed by atoms with Gasteiger partial charge in [-0.05, 0) is 47.7 Å².